The molecule has 0 aliphatic carbocycles. The Kier molecular flexibility index (Phi) is 11.2. The molecule has 1 aliphatic rings. The maximum absolute atomic E-state index is 14.9. The summed E-state index contributed by atoms with van der Waals surface area (Å²) in [7, 11) is 0. The summed E-state index contributed by atoms with van der Waals surface area (Å²) >= 11 is 0. The fraction of sp³-hybridized carbons (Fsp3) is 0.157. The maximum Gasteiger partial charge on any atom is 0.157 e. The highest BCUT2D eigenvalue weighted by Crippen LogP contribution is 2.60. The third-order valence-electron chi connectivity index (χ3n) is 10.9. The molecule has 58 heavy (non-hydrogen) atoms. The SMILES string of the molecule is O=CC1(Cc2ccccc2)c2c(OCc3ccccc3)cc(OCc3ccccc3)cc2O[C@H](c2ccc(O)c(O)c2)[C@@]1(Cc1ccccc1)OCc1ccccc1. The molecule has 0 fully saturated rings. The molecule has 0 saturated carbocycles. The van der Waals surface area contributed by atoms with E-state index in [9.17, 15) is 15.0 Å². The number of phenolic OH excluding ortho intramolecular Hbond substituents is 2. The number of aromatic hydroxyl groups is 2. The van der Waals surface area contributed by atoms with Gasteiger partial charge in [-0.1, -0.05) is 158 Å². The van der Waals surface area contributed by atoms with Gasteiger partial charge < -0.3 is 34.0 Å². The van der Waals surface area contributed by atoms with Crippen LogP contribution in [0.15, 0.2) is 182 Å². The number of carbonyl (C=O) groups excluding carboxylic acids is 1. The number of hydrogen-bond acceptors (Lipinski definition) is 7. The van der Waals surface area contributed by atoms with Gasteiger partial charge in [-0.3, -0.25) is 0 Å². The average Bonchev–Trinajstić information content (AvgIpc) is 3.27. The zero-order valence-corrected chi connectivity index (χ0v) is 31.9. The Hall–Kier alpha value is -6.83. The molecule has 1 unspecified atom stereocenters. The molecule has 7 aromatic rings. The third kappa shape index (κ3) is 7.90. The second-order valence-electron chi connectivity index (χ2n) is 14.7. The minimum Gasteiger partial charge on any atom is -0.504 e. The van der Waals surface area contributed by atoms with Crippen LogP contribution in [0, 0.1) is 0 Å². The van der Waals surface area contributed by atoms with Crippen LogP contribution in [0.3, 0.4) is 0 Å². The van der Waals surface area contributed by atoms with E-state index in [4.69, 9.17) is 18.9 Å². The van der Waals surface area contributed by atoms with E-state index in [0.29, 0.717) is 28.4 Å². The zero-order chi connectivity index (χ0) is 39.8. The zero-order valence-electron chi connectivity index (χ0n) is 31.9. The van der Waals surface area contributed by atoms with Gasteiger partial charge in [0.15, 0.2) is 17.6 Å². The lowest BCUT2D eigenvalue weighted by atomic mass is 9.57. The Labute approximate surface area is 338 Å². The van der Waals surface area contributed by atoms with E-state index in [1.54, 1.807) is 6.07 Å². The molecule has 0 saturated heterocycles. The summed E-state index contributed by atoms with van der Waals surface area (Å²) < 4.78 is 27.9. The molecular weight excluding hydrogens is 725 g/mol. The maximum atomic E-state index is 14.9. The number of aldehydes is 1. The van der Waals surface area contributed by atoms with Crippen molar-refractivity contribution in [2.45, 2.75) is 49.8 Å². The summed E-state index contributed by atoms with van der Waals surface area (Å²) in [5.74, 6) is 0.674. The van der Waals surface area contributed by atoms with Crippen LogP contribution in [0.4, 0.5) is 0 Å². The first-order chi connectivity index (χ1) is 28.5. The minimum atomic E-state index is -1.49. The van der Waals surface area contributed by atoms with E-state index >= 15 is 0 Å². The van der Waals surface area contributed by atoms with Gasteiger partial charge in [-0.15, -0.1) is 0 Å². The van der Waals surface area contributed by atoms with Crippen molar-refractivity contribution in [2.24, 2.45) is 0 Å². The van der Waals surface area contributed by atoms with Crippen LogP contribution in [0.1, 0.15) is 45.0 Å². The molecule has 0 radical (unpaired) electrons. The Morgan fingerprint density at radius 2 is 1.03 bits per heavy atom. The standard InChI is InChI=1S/C51H44O7/c52-36-50(31-37-16-6-1-7-17-37)48-46(56-34-40-22-12-4-13-23-40)29-43(55-33-39-20-10-3-11-21-39)30-47(48)58-49(42-26-27-44(53)45(54)28-42)51(50,32-38-18-8-2-9-19-38)57-35-41-24-14-5-15-25-41/h1-30,36,49,53-54H,31-35H2/t49-,50?,51-/m1/s1. The summed E-state index contributed by atoms with van der Waals surface area (Å²) in [6.07, 6.45) is 0.433. The molecular formula is C51H44O7. The molecule has 7 nitrogen and oxygen atoms in total. The predicted molar refractivity (Wildman–Crippen MR) is 223 cm³/mol. The van der Waals surface area contributed by atoms with Crippen molar-refractivity contribution in [2.75, 3.05) is 0 Å². The number of fused-ring (bicyclic) bond motifs is 1. The van der Waals surface area contributed by atoms with Crippen molar-refractivity contribution in [1.82, 2.24) is 0 Å². The van der Waals surface area contributed by atoms with Gasteiger partial charge >= 0.3 is 0 Å². The molecule has 1 heterocycles. The van der Waals surface area contributed by atoms with E-state index in [1.165, 1.54) is 12.1 Å². The summed E-state index contributed by atoms with van der Waals surface area (Å²) in [5.41, 5.74) is 2.68. The molecule has 0 aromatic heterocycles. The molecule has 0 bridgehead atoms. The van der Waals surface area contributed by atoms with Crippen molar-refractivity contribution in [1.29, 1.82) is 0 Å². The monoisotopic (exact) mass is 768 g/mol. The van der Waals surface area contributed by atoms with Gasteiger partial charge in [0.1, 0.15) is 42.3 Å². The smallest absolute Gasteiger partial charge is 0.157 e. The van der Waals surface area contributed by atoms with Gasteiger partial charge in [-0.2, -0.15) is 0 Å². The fourth-order valence-corrected chi connectivity index (χ4v) is 8.03. The number of benzene rings is 7. The fourth-order valence-electron chi connectivity index (χ4n) is 8.03. The number of rotatable bonds is 15. The molecule has 2 N–H and O–H groups in total. The van der Waals surface area contributed by atoms with Crippen LogP contribution in [0.5, 0.6) is 28.7 Å². The highest BCUT2D eigenvalue weighted by molar-refractivity contribution is 5.79. The van der Waals surface area contributed by atoms with Gasteiger partial charge in [-0.05, 0) is 51.9 Å². The van der Waals surface area contributed by atoms with Crippen LogP contribution < -0.4 is 14.2 Å². The van der Waals surface area contributed by atoms with Gasteiger partial charge in [0.2, 0.25) is 0 Å². The Morgan fingerprint density at radius 1 is 0.534 bits per heavy atom. The van der Waals surface area contributed by atoms with E-state index in [0.717, 1.165) is 34.1 Å². The highest BCUT2D eigenvalue weighted by atomic mass is 16.6. The van der Waals surface area contributed by atoms with E-state index in [2.05, 4.69) is 0 Å². The van der Waals surface area contributed by atoms with Crippen molar-refractivity contribution >= 4 is 6.29 Å². The van der Waals surface area contributed by atoms with E-state index in [-0.39, 0.29) is 44.2 Å². The largest absolute Gasteiger partial charge is 0.504 e. The number of carbonyl (C=O) groups is 1. The summed E-state index contributed by atoms with van der Waals surface area (Å²) in [6.45, 7) is 0.630. The first-order valence-electron chi connectivity index (χ1n) is 19.4. The summed E-state index contributed by atoms with van der Waals surface area (Å²) in [4.78, 5) is 14.9. The molecule has 7 aromatic carbocycles. The van der Waals surface area contributed by atoms with E-state index < -0.39 is 17.1 Å². The van der Waals surface area contributed by atoms with Crippen molar-refractivity contribution in [3.8, 4) is 28.7 Å². The second kappa shape index (κ2) is 17.1. The van der Waals surface area contributed by atoms with E-state index in [1.807, 2.05) is 164 Å². The van der Waals surface area contributed by atoms with Gasteiger partial charge in [0.25, 0.3) is 0 Å². The van der Waals surface area contributed by atoms with Gasteiger partial charge in [0.05, 0.1) is 17.6 Å². The number of ether oxygens (including phenoxy) is 4. The Balaban J connectivity index is 1.41. The molecule has 0 amide bonds. The first-order valence-corrected chi connectivity index (χ1v) is 19.4. The van der Waals surface area contributed by atoms with Gasteiger partial charge in [0, 0.05) is 18.6 Å². The molecule has 0 spiro atoms. The lowest BCUT2D eigenvalue weighted by molar-refractivity contribution is -0.183. The van der Waals surface area contributed by atoms with Gasteiger partial charge in [-0.25, -0.2) is 0 Å². The van der Waals surface area contributed by atoms with Crippen molar-refractivity contribution in [3.05, 3.63) is 221 Å². The molecule has 290 valence electrons. The Morgan fingerprint density at radius 3 is 1.57 bits per heavy atom. The lowest BCUT2D eigenvalue weighted by Crippen LogP contribution is -2.64. The quantitative estimate of drug-likeness (QED) is 0.0792. The minimum absolute atomic E-state index is 0.135. The van der Waals surface area contributed by atoms with Crippen molar-refractivity contribution < 1.29 is 34.0 Å². The lowest BCUT2D eigenvalue weighted by Gasteiger charge is -2.55. The Bertz CT molecular complexity index is 2430. The second-order valence-corrected chi connectivity index (χ2v) is 14.7. The molecule has 1 aliphatic heterocycles. The number of hydrogen-bond donors (Lipinski definition) is 2. The molecule has 3 atom stereocenters. The highest BCUT2D eigenvalue weighted by Gasteiger charge is 2.64. The third-order valence-corrected chi connectivity index (χ3v) is 10.9. The van der Waals surface area contributed by atoms with Crippen LogP contribution in [-0.4, -0.2) is 22.1 Å². The topological polar surface area (TPSA) is 94.5 Å². The molecule has 8 rings (SSSR count). The van der Waals surface area contributed by atoms with Crippen LogP contribution >= 0.6 is 0 Å². The number of phenols is 2. The predicted octanol–water partition coefficient (Wildman–Crippen LogP) is 10.3. The first kappa shape index (κ1) is 38.1. The normalized spacial score (nSPS) is 18.4. The van der Waals surface area contributed by atoms with Crippen LogP contribution in [0.25, 0.3) is 0 Å². The van der Waals surface area contributed by atoms with Crippen LogP contribution in [0.2, 0.25) is 0 Å². The van der Waals surface area contributed by atoms with Crippen LogP contribution in [-0.2, 0) is 47.6 Å². The summed E-state index contributed by atoms with van der Waals surface area (Å²) in [5, 5.41) is 21.5. The van der Waals surface area contributed by atoms with Crippen molar-refractivity contribution in [3.63, 3.8) is 0 Å². The summed E-state index contributed by atoms with van der Waals surface area (Å²) in [6, 6.07) is 57.6. The molecule has 7 heteroatoms. The average molecular weight is 769 g/mol.